The number of amides is 2. The van der Waals surface area contributed by atoms with Gasteiger partial charge in [0.05, 0.1) is 5.41 Å². The van der Waals surface area contributed by atoms with Crippen LogP contribution in [0, 0.1) is 11.3 Å². The van der Waals surface area contributed by atoms with E-state index in [-0.39, 0.29) is 17.7 Å². The zero-order valence-corrected chi connectivity index (χ0v) is 18.1. The van der Waals surface area contributed by atoms with Crippen LogP contribution in [0.2, 0.25) is 0 Å². The van der Waals surface area contributed by atoms with Crippen LogP contribution in [-0.2, 0) is 16.0 Å². The molecule has 4 nitrogen and oxygen atoms in total. The summed E-state index contributed by atoms with van der Waals surface area (Å²) in [4.78, 5) is 29.9. The SMILES string of the molecule is CN(C)C(=O)[C@@]1(Cc2ccc(-c3ccccc3)cc2)CCCN(C(=O)C2CCC2)C1. The molecule has 30 heavy (non-hydrogen) atoms. The molecule has 2 fully saturated rings. The zero-order chi connectivity index (χ0) is 21.1. The summed E-state index contributed by atoms with van der Waals surface area (Å²) < 4.78 is 0. The van der Waals surface area contributed by atoms with Gasteiger partial charge in [-0.25, -0.2) is 0 Å². The topological polar surface area (TPSA) is 40.6 Å². The van der Waals surface area contributed by atoms with E-state index < -0.39 is 5.41 Å². The monoisotopic (exact) mass is 404 g/mol. The Kier molecular flexibility index (Phi) is 5.94. The second-order valence-electron chi connectivity index (χ2n) is 9.21. The molecule has 2 aromatic rings. The molecule has 0 bridgehead atoms. The van der Waals surface area contributed by atoms with E-state index in [9.17, 15) is 9.59 Å². The highest BCUT2D eigenvalue weighted by atomic mass is 16.2. The highest BCUT2D eigenvalue weighted by Gasteiger charge is 2.45. The van der Waals surface area contributed by atoms with E-state index in [1.807, 2.05) is 37.2 Å². The first-order chi connectivity index (χ1) is 14.5. The van der Waals surface area contributed by atoms with Crippen LogP contribution in [0.5, 0.6) is 0 Å². The third-order valence-electron chi connectivity index (χ3n) is 6.81. The minimum Gasteiger partial charge on any atom is -0.348 e. The normalized spacial score (nSPS) is 21.7. The molecule has 1 atom stereocenters. The summed E-state index contributed by atoms with van der Waals surface area (Å²) in [6.45, 7) is 1.32. The minimum atomic E-state index is -0.532. The fourth-order valence-electron chi connectivity index (χ4n) is 4.94. The number of hydrogen-bond donors (Lipinski definition) is 0. The third-order valence-corrected chi connectivity index (χ3v) is 6.81. The van der Waals surface area contributed by atoms with Gasteiger partial charge in [0.25, 0.3) is 0 Å². The van der Waals surface area contributed by atoms with Crippen LogP contribution in [0.4, 0.5) is 0 Å². The summed E-state index contributed by atoms with van der Waals surface area (Å²) in [5.74, 6) is 0.581. The Labute approximate surface area is 179 Å². The highest BCUT2D eigenvalue weighted by molar-refractivity contribution is 5.85. The molecule has 1 saturated heterocycles. The molecular weight excluding hydrogens is 372 g/mol. The fourth-order valence-corrected chi connectivity index (χ4v) is 4.94. The van der Waals surface area contributed by atoms with Crippen molar-refractivity contribution in [3.05, 3.63) is 60.2 Å². The molecule has 0 N–H and O–H groups in total. The van der Waals surface area contributed by atoms with Crippen LogP contribution in [0.1, 0.15) is 37.7 Å². The highest BCUT2D eigenvalue weighted by Crippen LogP contribution is 2.38. The molecule has 1 aliphatic carbocycles. The van der Waals surface area contributed by atoms with Gasteiger partial charge in [0.2, 0.25) is 11.8 Å². The zero-order valence-electron chi connectivity index (χ0n) is 18.1. The molecule has 0 unspecified atom stereocenters. The Hall–Kier alpha value is -2.62. The summed E-state index contributed by atoms with van der Waals surface area (Å²) in [6, 6.07) is 18.9. The number of nitrogens with zero attached hydrogens (tertiary/aromatic N) is 2. The maximum atomic E-state index is 13.3. The first kappa shape index (κ1) is 20.6. The van der Waals surface area contributed by atoms with Gasteiger partial charge in [-0.3, -0.25) is 9.59 Å². The largest absolute Gasteiger partial charge is 0.348 e. The van der Waals surface area contributed by atoms with Crippen molar-refractivity contribution in [2.75, 3.05) is 27.2 Å². The predicted octanol–water partition coefficient (Wildman–Crippen LogP) is 4.39. The molecule has 158 valence electrons. The average Bonchev–Trinajstić information content (AvgIpc) is 2.73. The van der Waals surface area contributed by atoms with Crippen molar-refractivity contribution in [2.45, 2.75) is 38.5 Å². The Balaban J connectivity index is 1.56. The van der Waals surface area contributed by atoms with Crippen molar-refractivity contribution in [3.8, 4) is 11.1 Å². The molecule has 1 saturated carbocycles. The van der Waals surface area contributed by atoms with E-state index >= 15 is 0 Å². The second kappa shape index (κ2) is 8.63. The van der Waals surface area contributed by atoms with E-state index in [2.05, 4.69) is 36.4 Å². The Morgan fingerprint density at radius 1 is 0.967 bits per heavy atom. The van der Waals surface area contributed by atoms with Crippen molar-refractivity contribution in [2.24, 2.45) is 11.3 Å². The Bertz CT molecular complexity index is 887. The van der Waals surface area contributed by atoms with Crippen LogP contribution < -0.4 is 0 Å². The maximum absolute atomic E-state index is 13.3. The van der Waals surface area contributed by atoms with Gasteiger partial charge < -0.3 is 9.80 Å². The molecule has 2 aliphatic rings. The quantitative estimate of drug-likeness (QED) is 0.741. The second-order valence-corrected chi connectivity index (χ2v) is 9.21. The van der Waals surface area contributed by atoms with Crippen LogP contribution >= 0.6 is 0 Å². The Morgan fingerprint density at radius 2 is 1.63 bits per heavy atom. The molecule has 2 amide bonds. The van der Waals surface area contributed by atoms with Crippen LogP contribution in [-0.4, -0.2) is 48.8 Å². The lowest BCUT2D eigenvalue weighted by Gasteiger charge is -2.44. The van der Waals surface area contributed by atoms with Gasteiger partial charge in [-0.05, 0) is 48.8 Å². The minimum absolute atomic E-state index is 0.140. The first-order valence-electron chi connectivity index (χ1n) is 11.1. The average molecular weight is 405 g/mol. The van der Waals surface area contributed by atoms with Gasteiger partial charge in [0.1, 0.15) is 0 Å². The van der Waals surface area contributed by atoms with Gasteiger partial charge in [0, 0.05) is 33.1 Å². The van der Waals surface area contributed by atoms with Gasteiger partial charge in [0.15, 0.2) is 0 Å². The van der Waals surface area contributed by atoms with Crippen molar-refractivity contribution in [1.82, 2.24) is 9.80 Å². The Morgan fingerprint density at radius 3 is 2.23 bits per heavy atom. The summed E-state index contributed by atoms with van der Waals surface area (Å²) in [7, 11) is 3.66. The number of likely N-dealkylation sites (tertiary alicyclic amines) is 1. The van der Waals surface area contributed by atoms with Crippen LogP contribution in [0.25, 0.3) is 11.1 Å². The summed E-state index contributed by atoms with van der Waals surface area (Å²) in [6.07, 6.45) is 5.56. The lowest BCUT2D eigenvalue weighted by Crippen LogP contribution is -2.55. The smallest absolute Gasteiger partial charge is 0.230 e. The molecule has 1 aliphatic heterocycles. The van der Waals surface area contributed by atoms with E-state index in [0.717, 1.165) is 44.2 Å². The molecule has 0 radical (unpaired) electrons. The molecule has 2 aromatic carbocycles. The van der Waals surface area contributed by atoms with Crippen molar-refractivity contribution < 1.29 is 9.59 Å². The summed E-state index contributed by atoms with van der Waals surface area (Å²) in [5, 5.41) is 0. The van der Waals surface area contributed by atoms with Gasteiger partial charge in [-0.2, -0.15) is 0 Å². The molecule has 0 aromatic heterocycles. The fraction of sp³-hybridized carbons (Fsp3) is 0.462. The number of rotatable bonds is 5. The first-order valence-corrected chi connectivity index (χ1v) is 11.1. The van der Waals surface area contributed by atoms with Crippen LogP contribution in [0.3, 0.4) is 0 Å². The van der Waals surface area contributed by atoms with Gasteiger partial charge >= 0.3 is 0 Å². The maximum Gasteiger partial charge on any atom is 0.230 e. The number of carbonyl (C=O) groups excluding carboxylic acids is 2. The molecule has 1 heterocycles. The van der Waals surface area contributed by atoms with E-state index in [1.165, 1.54) is 11.1 Å². The lowest BCUT2D eigenvalue weighted by atomic mass is 9.73. The predicted molar refractivity (Wildman–Crippen MR) is 120 cm³/mol. The summed E-state index contributed by atoms with van der Waals surface area (Å²) >= 11 is 0. The number of benzene rings is 2. The van der Waals surface area contributed by atoms with E-state index in [4.69, 9.17) is 0 Å². The van der Waals surface area contributed by atoms with E-state index in [1.54, 1.807) is 4.90 Å². The molecule has 0 spiro atoms. The molecule has 4 heteroatoms. The molecule has 4 rings (SSSR count). The van der Waals surface area contributed by atoms with Crippen molar-refractivity contribution >= 4 is 11.8 Å². The number of hydrogen-bond acceptors (Lipinski definition) is 2. The third kappa shape index (κ3) is 4.14. The van der Waals surface area contributed by atoms with Crippen LogP contribution in [0.15, 0.2) is 54.6 Å². The van der Waals surface area contributed by atoms with Crippen molar-refractivity contribution in [1.29, 1.82) is 0 Å². The summed E-state index contributed by atoms with van der Waals surface area (Å²) in [5.41, 5.74) is 2.99. The lowest BCUT2D eigenvalue weighted by molar-refractivity contribution is -0.150. The molecular formula is C26H32N2O2. The number of piperidine rings is 1. The van der Waals surface area contributed by atoms with E-state index in [0.29, 0.717) is 13.0 Å². The number of carbonyl (C=O) groups is 2. The standard InChI is InChI=1S/C26H32N2O2/c1-27(2)25(30)26(16-7-17-28(19-26)24(29)23-10-6-11-23)18-20-12-14-22(15-13-20)21-8-4-3-5-9-21/h3-5,8-9,12-15,23H,6-7,10-11,16-19H2,1-2H3/t26-/m1/s1. The van der Waals surface area contributed by atoms with Gasteiger partial charge in [-0.15, -0.1) is 0 Å². The van der Waals surface area contributed by atoms with Crippen molar-refractivity contribution in [3.63, 3.8) is 0 Å². The van der Waals surface area contributed by atoms with Gasteiger partial charge in [-0.1, -0.05) is 61.0 Å².